The minimum atomic E-state index is -3.52. The van der Waals surface area contributed by atoms with Crippen molar-refractivity contribution in [3.63, 3.8) is 0 Å². The van der Waals surface area contributed by atoms with E-state index in [1.807, 2.05) is 7.05 Å². The molecule has 1 N–H and O–H groups in total. The van der Waals surface area contributed by atoms with Gasteiger partial charge in [0.2, 0.25) is 10.0 Å². The predicted octanol–water partition coefficient (Wildman–Crippen LogP) is 3.05. The summed E-state index contributed by atoms with van der Waals surface area (Å²) in [6.45, 7) is 5.16. The number of nitrogens with zero attached hydrogens (tertiary/aromatic N) is 2. The van der Waals surface area contributed by atoms with Gasteiger partial charge in [-0.15, -0.1) is 0 Å². The Morgan fingerprint density at radius 1 is 1.00 bits per heavy atom. The quantitative estimate of drug-likeness (QED) is 0.650. The second kappa shape index (κ2) is 10.1. The Kier molecular flexibility index (Phi) is 7.47. The molecule has 1 heterocycles. The van der Waals surface area contributed by atoms with E-state index in [9.17, 15) is 13.2 Å². The highest BCUT2D eigenvalue weighted by molar-refractivity contribution is 7.89. The summed E-state index contributed by atoms with van der Waals surface area (Å²) in [6, 6.07) is 13.3. The van der Waals surface area contributed by atoms with Crippen molar-refractivity contribution in [1.29, 1.82) is 0 Å². The fourth-order valence-corrected chi connectivity index (χ4v) is 4.55. The average molecular weight is 432 g/mol. The molecule has 1 aliphatic heterocycles. The van der Waals surface area contributed by atoms with Crippen molar-refractivity contribution < 1.29 is 17.9 Å². The molecule has 8 heteroatoms. The van der Waals surface area contributed by atoms with Gasteiger partial charge in [0.15, 0.2) is 0 Å². The first-order valence-corrected chi connectivity index (χ1v) is 11.7. The Hall–Kier alpha value is -2.42. The summed E-state index contributed by atoms with van der Waals surface area (Å²) >= 11 is 0. The highest BCUT2D eigenvalue weighted by Gasteiger charge is 2.27. The van der Waals surface area contributed by atoms with Gasteiger partial charge in [0.05, 0.1) is 11.5 Å². The largest absolute Gasteiger partial charge is 0.494 e. The summed E-state index contributed by atoms with van der Waals surface area (Å²) < 4.78 is 32.7. The molecule has 1 aliphatic rings. The third-order valence-electron chi connectivity index (χ3n) is 5.10. The van der Waals surface area contributed by atoms with E-state index >= 15 is 0 Å². The molecule has 30 heavy (non-hydrogen) atoms. The van der Waals surface area contributed by atoms with E-state index in [1.54, 1.807) is 36.4 Å². The van der Waals surface area contributed by atoms with Crippen molar-refractivity contribution in [1.82, 2.24) is 9.21 Å². The number of hydrogen-bond donors (Lipinski definition) is 1. The number of unbranched alkanes of at least 4 members (excludes halogenated alkanes) is 1. The molecule has 162 valence electrons. The number of benzene rings is 2. The van der Waals surface area contributed by atoms with Crippen molar-refractivity contribution in [3.8, 4) is 5.75 Å². The van der Waals surface area contributed by atoms with Crippen LogP contribution in [0.5, 0.6) is 5.75 Å². The van der Waals surface area contributed by atoms with E-state index in [4.69, 9.17) is 4.74 Å². The van der Waals surface area contributed by atoms with Crippen LogP contribution in [0.2, 0.25) is 0 Å². The number of amides is 1. The molecule has 0 unspecified atom stereocenters. The summed E-state index contributed by atoms with van der Waals surface area (Å²) in [5.41, 5.74) is 1.05. The van der Waals surface area contributed by atoms with E-state index in [1.165, 1.54) is 16.4 Å². The number of hydrogen-bond acceptors (Lipinski definition) is 5. The smallest absolute Gasteiger partial charge is 0.255 e. The molecule has 1 saturated heterocycles. The maximum Gasteiger partial charge on any atom is 0.255 e. The fourth-order valence-electron chi connectivity index (χ4n) is 3.13. The highest BCUT2D eigenvalue weighted by Crippen LogP contribution is 2.20. The van der Waals surface area contributed by atoms with Crippen molar-refractivity contribution in [2.24, 2.45) is 0 Å². The molecular weight excluding hydrogens is 402 g/mol. The SMILES string of the molecule is CCCCOc1ccc(C(=O)Nc2ccc(S(=O)(=O)N3CCN(C)CC3)cc2)cc1. The Balaban J connectivity index is 1.60. The third kappa shape index (κ3) is 5.59. The minimum Gasteiger partial charge on any atom is -0.494 e. The first kappa shape index (κ1) is 22.3. The van der Waals surface area contributed by atoms with Crippen LogP contribution < -0.4 is 10.1 Å². The van der Waals surface area contributed by atoms with Gasteiger partial charge in [-0.25, -0.2) is 8.42 Å². The number of ether oxygens (including phenoxy) is 1. The van der Waals surface area contributed by atoms with Gasteiger partial charge in [0, 0.05) is 37.4 Å². The van der Waals surface area contributed by atoms with Gasteiger partial charge in [-0.3, -0.25) is 4.79 Å². The first-order valence-electron chi connectivity index (χ1n) is 10.2. The fraction of sp³-hybridized carbons (Fsp3) is 0.409. The number of carbonyl (C=O) groups is 1. The van der Waals surface area contributed by atoms with Gasteiger partial charge < -0.3 is 15.0 Å². The van der Waals surface area contributed by atoms with Crippen molar-refractivity contribution in [2.45, 2.75) is 24.7 Å². The van der Waals surface area contributed by atoms with Gasteiger partial charge in [-0.1, -0.05) is 13.3 Å². The van der Waals surface area contributed by atoms with Crippen molar-refractivity contribution in [2.75, 3.05) is 45.2 Å². The zero-order chi connectivity index (χ0) is 21.6. The van der Waals surface area contributed by atoms with Gasteiger partial charge in [0.25, 0.3) is 5.91 Å². The van der Waals surface area contributed by atoms with Crippen LogP contribution in [0, 0.1) is 0 Å². The molecule has 0 radical (unpaired) electrons. The minimum absolute atomic E-state index is 0.235. The molecule has 0 bridgehead atoms. The molecule has 2 aromatic rings. The number of sulfonamides is 1. The molecule has 3 rings (SSSR count). The zero-order valence-electron chi connectivity index (χ0n) is 17.5. The third-order valence-corrected chi connectivity index (χ3v) is 7.01. The van der Waals surface area contributed by atoms with Crippen LogP contribution in [0.25, 0.3) is 0 Å². The highest BCUT2D eigenvalue weighted by atomic mass is 32.2. The zero-order valence-corrected chi connectivity index (χ0v) is 18.3. The monoisotopic (exact) mass is 431 g/mol. The number of anilines is 1. The summed E-state index contributed by atoms with van der Waals surface area (Å²) in [7, 11) is -1.54. The molecular formula is C22H29N3O4S. The summed E-state index contributed by atoms with van der Waals surface area (Å²) in [4.78, 5) is 14.8. The molecule has 0 saturated carbocycles. The number of rotatable bonds is 8. The lowest BCUT2D eigenvalue weighted by Gasteiger charge is -2.31. The van der Waals surface area contributed by atoms with Gasteiger partial charge >= 0.3 is 0 Å². The summed E-state index contributed by atoms with van der Waals surface area (Å²) in [6.07, 6.45) is 2.05. The summed E-state index contributed by atoms with van der Waals surface area (Å²) in [5.74, 6) is 0.475. The number of nitrogens with one attached hydrogen (secondary N) is 1. The Morgan fingerprint density at radius 2 is 1.63 bits per heavy atom. The summed E-state index contributed by atoms with van der Waals surface area (Å²) in [5, 5.41) is 2.80. The predicted molar refractivity (Wildman–Crippen MR) is 117 cm³/mol. The van der Waals surface area contributed by atoms with Gasteiger partial charge in [0.1, 0.15) is 5.75 Å². The molecule has 1 amide bonds. The standard InChI is InChI=1S/C22H29N3O4S/c1-3-4-17-29-20-9-5-18(6-10-20)22(26)23-19-7-11-21(12-8-19)30(27,28)25-15-13-24(2)14-16-25/h5-12H,3-4,13-17H2,1-2H3,(H,23,26). The molecule has 0 aliphatic carbocycles. The van der Waals surface area contributed by atoms with E-state index in [-0.39, 0.29) is 10.8 Å². The second-order valence-electron chi connectivity index (χ2n) is 7.41. The molecule has 7 nitrogen and oxygen atoms in total. The maximum absolute atomic E-state index is 12.8. The van der Waals surface area contributed by atoms with Crippen LogP contribution in [-0.4, -0.2) is 63.4 Å². The number of likely N-dealkylation sites (N-methyl/N-ethyl adjacent to an activating group) is 1. The van der Waals surface area contributed by atoms with Crippen LogP contribution in [0.3, 0.4) is 0 Å². The average Bonchev–Trinajstić information content (AvgIpc) is 2.75. The number of piperazine rings is 1. The molecule has 0 spiro atoms. The topological polar surface area (TPSA) is 78.9 Å². The van der Waals surface area contributed by atoms with Crippen LogP contribution in [0.4, 0.5) is 5.69 Å². The number of carbonyl (C=O) groups excluding carboxylic acids is 1. The Morgan fingerprint density at radius 3 is 2.23 bits per heavy atom. The normalized spacial score (nSPS) is 15.7. The molecule has 0 aromatic heterocycles. The van der Waals surface area contributed by atoms with Crippen molar-refractivity contribution in [3.05, 3.63) is 54.1 Å². The van der Waals surface area contributed by atoms with Gasteiger partial charge in [-0.05, 0) is 62.0 Å². The Labute approximate surface area is 178 Å². The lowest BCUT2D eigenvalue weighted by Crippen LogP contribution is -2.46. The van der Waals surface area contributed by atoms with E-state index in [0.29, 0.717) is 30.9 Å². The lowest BCUT2D eigenvalue weighted by molar-refractivity contribution is 0.102. The van der Waals surface area contributed by atoms with E-state index < -0.39 is 10.0 Å². The van der Waals surface area contributed by atoms with E-state index in [2.05, 4.69) is 17.1 Å². The van der Waals surface area contributed by atoms with Crippen LogP contribution >= 0.6 is 0 Å². The Bertz CT molecular complexity index is 935. The van der Waals surface area contributed by atoms with E-state index in [0.717, 1.165) is 31.7 Å². The molecule has 0 atom stereocenters. The van der Waals surface area contributed by atoms with Crippen LogP contribution in [0.15, 0.2) is 53.4 Å². The molecule has 2 aromatic carbocycles. The first-order chi connectivity index (χ1) is 14.4. The van der Waals surface area contributed by atoms with Crippen LogP contribution in [-0.2, 0) is 10.0 Å². The van der Waals surface area contributed by atoms with Gasteiger partial charge in [-0.2, -0.15) is 4.31 Å². The molecule has 1 fully saturated rings. The maximum atomic E-state index is 12.8. The second-order valence-corrected chi connectivity index (χ2v) is 9.35. The lowest BCUT2D eigenvalue weighted by atomic mass is 10.2. The van der Waals surface area contributed by atoms with Crippen molar-refractivity contribution >= 4 is 21.6 Å². The van der Waals surface area contributed by atoms with Crippen LogP contribution in [0.1, 0.15) is 30.1 Å².